The van der Waals surface area contributed by atoms with E-state index in [4.69, 9.17) is 9.84 Å². The number of carbonyl (C=O) groups excluding carboxylic acids is 1. The van der Waals surface area contributed by atoms with Crippen molar-refractivity contribution in [2.24, 2.45) is 0 Å². The number of methoxy groups -OCH3 is 1. The highest BCUT2D eigenvalue weighted by Crippen LogP contribution is 2.06. The molecule has 2 amide bonds. The summed E-state index contributed by atoms with van der Waals surface area (Å²) in [5.74, 6) is -1.12. The van der Waals surface area contributed by atoms with E-state index in [-0.39, 0.29) is 12.1 Å². The molecule has 0 aliphatic rings. The summed E-state index contributed by atoms with van der Waals surface area (Å²) in [7, 11) is 1.38. The maximum absolute atomic E-state index is 11.5. The van der Waals surface area contributed by atoms with E-state index < -0.39 is 18.0 Å². The lowest BCUT2D eigenvalue weighted by molar-refractivity contribution is -0.140. The van der Waals surface area contributed by atoms with Crippen molar-refractivity contribution in [2.45, 2.75) is 38.8 Å². The zero-order valence-electron chi connectivity index (χ0n) is 10.2. The number of hydrogen-bond acceptors (Lipinski definition) is 3. The summed E-state index contributed by atoms with van der Waals surface area (Å²) in [6, 6.07) is -1.53. The molecule has 1 unspecified atom stereocenters. The Morgan fingerprint density at radius 2 is 2.00 bits per heavy atom. The lowest BCUT2D eigenvalue weighted by atomic mass is 10.0. The van der Waals surface area contributed by atoms with E-state index in [2.05, 4.69) is 10.6 Å². The summed E-state index contributed by atoms with van der Waals surface area (Å²) in [6.45, 7) is 5.59. The SMILES string of the molecule is CCC(C)(C)NC(=O)NC(COC)C(=O)O. The van der Waals surface area contributed by atoms with Crippen LogP contribution in [0.25, 0.3) is 0 Å². The Bertz CT molecular complexity index is 253. The maximum atomic E-state index is 11.5. The summed E-state index contributed by atoms with van der Waals surface area (Å²) in [4.78, 5) is 22.2. The van der Waals surface area contributed by atoms with Crippen LogP contribution in [0.5, 0.6) is 0 Å². The molecule has 0 radical (unpaired) electrons. The van der Waals surface area contributed by atoms with Crippen molar-refractivity contribution in [3.05, 3.63) is 0 Å². The van der Waals surface area contributed by atoms with Crippen LogP contribution in [0.15, 0.2) is 0 Å². The van der Waals surface area contributed by atoms with E-state index in [1.807, 2.05) is 20.8 Å². The molecule has 1 atom stereocenters. The zero-order chi connectivity index (χ0) is 12.8. The van der Waals surface area contributed by atoms with Gasteiger partial charge in [0.1, 0.15) is 0 Å². The van der Waals surface area contributed by atoms with Crippen molar-refractivity contribution in [1.82, 2.24) is 10.6 Å². The highest BCUT2D eigenvalue weighted by Gasteiger charge is 2.23. The monoisotopic (exact) mass is 232 g/mol. The molecule has 0 rings (SSSR count). The average molecular weight is 232 g/mol. The highest BCUT2D eigenvalue weighted by atomic mass is 16.5. The van der Waals surface area contributed by atoms with Crippen LogP contribution in [0, 0.1) is 0 Å². The normalized spacial score (nSPS) is 13.0. The number of urea groups is 1. The standard InChI is InChI=1S/C10H20N2O4/c1-5-10(2,3)12-9(15)11-7(6-16-4)8(13)14/h7H,5-6H2,1-4H3,(H,13,14)(H2,11,12,15). The Hall–Kier alpha value is -1.30. The number of nitrogens with one attached hydrogen (secondary N) is 2. The van der Waals surface area contributed by atoms with Gasteiger partial charge in [-0.15, -0.1) is 0 Å². The number of carbonyl (C=O) groups is 2. The minimum Gasteiger partial charge on any atom is -0.480 e. The van der Waals surface area contributed by atoms with Crippen LogP contribution < -0.4 is 10.6 Å². The van der Waals surface area contributed by atoms with Crippen LogP contribution in [0.4, 0.5) is 4.79 Å². The highest BCUT2D eigenvalue weighted by molar-refractivity contribution is 5.82. The zero-order valence-corrected chi connectivity index (χ0v) is 10.2. The van der Waals surface area contributed by atoms with Crippen molar-refractivity contribution in [2.75, 3.05) is 13.7 Å². The lowest BCUT2D eigenvalue weighted by Gasteiger charge is -2.25. The van der Waals surface area contributed by atoms with Crippen molar-refractivity contribution in [3.8, 4) is 0 Å². The second-order valence-corrected chi connectivity index (χ2v) is 4.18. The quantitative estimate of drug-likeness (QED) is 0.625. The van der Waals surface area contributed by atoms with Gasteiger partial charge in [0.25, 0.3) is 0 Å². The molecule has 3 N–H and O–H groups in total. The number of ether oxygens (including phenoxy) is 1. The molecule has 0 saturated carbocycles. The number of hydrogen-bond donors (Lipinski definition) is 3. The van der Waals surface area contributed by atoms with Crippen molar-refractivity contribution in [1.29, 1.82) is 0 Å². The first-order valence-electron chi connectivity index (χ1n) is 5.13. The van der Waals surface area contributed by atoms with Gasteiger partial charge < -0.3 is 20.5 Å². The molecule has 0 aromatic heterocycles. The molecule has 0 aliphatic carbocycles. The van der Waals surface area contributed by atoms with E-state index in [1.165, 1.54) is 7.11 Å². The van der Waals surface area contributed by atoms with Crippen LogP contribution in [-0.4, -0.2) is 42.4 Å². The molecular formula is C10H20N2O4. The molecule has 0 aromatic carbocycles. The third kappa shape index (κ3) is 5.55. The van der Waals surface area contributed by atoms with Gasteiger partial charge in [0.05, 0.1) is 6.61 Å². The summed E-state index contributed by atoms with van der Waals surface area (Å²) in [5.41, 5.74) is -0.361. The molecule has 0 heterocycles. The molecule has 6 nitrogen and oxygen atoms in total. The van der Waals surface area contributed by atoms with Gasteiger partial charge >= 0.3 is 12.0 Å². The Morgan fingerprint density at radius 1 is 1.44 bits per heavy atom. The number of carboxylic acid groups (broad SMARTS) is 1. The number of aliphatic carboxylic acids is 1. The van der Waals surface area contributed by atoms with Gasteiger partial charge in [-0.1, -0.05) is 6.92 Å². The Morgan fingerprint density at radius 3 is 2.38 bits per heavy atom. The second-order valence-electron chi connectivity index (χ2n) is 4.18. The van der Waals surface area contributed by atoms with Gasteiger partial charge in [-0.3, -0.25) is 0 Å². The Labute approximate surface area is 95.4 Å². The minimum atomic E-state index is -1.12. The summed E-state index contributed by atoms with van der Waals surface area (Å²) < 4.78 is 4.70. The van der Waals surface area contributed by atoms with E-state index >= 15 is 0 Å². The summed E-state index contributed by atoms with van der Waals surface area (Å²) in [5, 5.41) is 13.8. The maximum Gasteiger partial charge on any atom is 0.328 e. The fraction of sp³-hybridized carbons (Fsp3) is 0.800. The van der Waals surface area contributed by atoms with Crippen LogP contribution in [0.3, 0.4) is 0 Å². The van der Waals surface area contributed by atoms with Gasteiger partial charge in [-0.2, -0.15) is 0 Å². The number of amides is 2. The number of rotatable bonds is 6. The first-order valence-corrected chi connectivity index (χ1v) is 5.13. The van der Waals surface area contributed by atoms with Crippen molar-refractivity contribution in [3.63, 3.8) is 0 Å². The van der Waals surface area contributed by atoms with Crippen LogP contribution in [-0.2, 0) is 9.53 Å². The molecule has 0 spiro atoms. The Balaban J connectivity index is 4.25. The van der Waals surface area contributed by atoms with E-state index in [9.17, 15) is 9.59 Å². The summed E-state index contributed by atoms with van der Waals surface area (Å²) >= 11 is 0. The van der Waals surface area contributed by atoms with Gasteiger partial charge in [-0.25, -0.2) is 9.59 Å². The van der Waals surface area contributed by atoms with Crippen LogP contribution in [0.2, 0.25) is 0 Å². The molecule has 0 fully saturated rings. The topological polar surface area (TPSA) is 87.7 Å². The Kier molecular flexibility index (Phi) is 5.81. The fourth-order valence-electron chi connectivity index (χ4n) is 0.931. The van der Waals surface area contributed by atoms with Gasteiger partial charge in [0, 0.05) is 12.6 Å². The van der Waals surface area contributed by atoms with Gasteiger partial charge in [0.15, 0.2) is 6.04 Å². The molecule has 0 aliphatic heterocycles. The van der Waals surface area contributed by atoms with Gasteiger partial charge in [-0.05, 0) is 20.3 Å². The molecule has 16 heavy (non-hydrogen) atoms. The molecule has 6 heteroatoms. The molecule has 0 bridgehead atoms. The predicted molar refractivity (Wildman–Crippen MR) is 59.3 cm³/mol. The fourth-order valence-corrected chi connectivity index (χ4v) is 0.931. The number of carboxylic acids is 1. The molecule has 0 aromatic rings. The first-order chi connectivity index (χ1) is 7.32. The largest absolute Gasteiger partial charge is 0.480 e. The van der Waals surface area contributed by atoms with Crippen molar-refractivity contribution >= 4 is 12.0 Å². The van der Waals surface area contributed by atoms with E-state index in [0.717, 1.165) is 6.42 Å². The smallest absolute Gasteiger partial charge is 0.328 e. The molecular weight excluding hydrogens is 212 g/mol. The minimum absolute atomic E-state index is 0.0602. The molecule has 0 saturated heterocycles. The van der Waals surface area contributed by atoms with Gasteiger partial charge in [0.2, 0.25) is 0 Å². The molecule has 94 valence electrons. The third-order valence-electron chi connectivity index (χ3n) is 2.27. The first kappa shape index (κ1) is 14.7. The van der Waals surface area contributed by atoms with Crippen LogP contribution in [0.1, 0.15) is 27.2 Å². The van der Waals surface area contributed by atoms with Crippen molar-refractivity contribution < 1.29 is 19.4 Å². The third-order valence-corrected chi connectivity index (χ3v) is 2.27. The average Bonchev–Trinajstić information content (AvgIpc) is 2.16. The second kappa shape index (κ2) is 6.32. The van der Waals surface area contributed by atoms with Crippen LogP contribution >= 0.6 is 0 Å². The summed E-state index contributed by atoms with van der Waals surface area (Å²) in [6.07, 6.45) is 0.752. The van der Waals surface area contributed by atoms with E-state index in [0.29, 0.717) is 0 Å². The van der Waals surface area contributed by atoms with E-state index in [1.54, 1.807) is 0 Å². The lowest BCUT2D eigenvalue weighted by Crippen LogP contribution is -2.53. The predicted octanol–water partition coefficient (Wildman–Crippen LogP) is 0.574.